The van der Waals surface area contributed by atoms with E-state index in [0.717, 1.165) is 42.4 Å². The predicted octanol–water partition coefficient (Wildman–Crippen LogP) is 4.82. The predicted molar refractivity (Wildman–Crippen MR) is 123 cm³/mol. The summed E-state index contributed by atoms with van der Waals surface area (Å²) >= 11 is 0. The van der Waals surface area contributed by atoms with Gasteiger partial charge in [0.25, 0.3) is 5.91 Å². The van der Waals surface area contributed by atoms with Gasteiger partial charge in [-0.15, -0.1) is 0 Å². The molecule has 6 heteroatoms. The van der Waals surface area contributed by atoms with Crippen molar-refractivity contribution in [1.82, 2.24) is 14.5 Å². The van der Waals surface area contributed by atoms with Crippen LogP contribution in [-0.2, 0) is 6.54 Å². The van der Waals surface area contributed by atoms with Gasteiger partial charge in [0.1, 0.15) is 5.69 Å². The van der Waals surface area contributed by atoms with Gasteiger partial charge >= 0.3 is 0 Å². The van der Waals surface area contributed by atoms with Gasteiger partial charge in [0.2, 0.25) is 5.95 Å². The third-order valence-electron chi connectivity index (χ3n) is 6.41. The third kappa shape index (κ3) is 4.33. The van der Waals surface area contributed by atoms with Gasteiger partial charge < -0.3 is 14.8 Å². The highest BCUT2D eigenvalue weighted by molar-refractivity contribution is 6.04. The van der Waals surface area contributed by atoms with E-state index in [9.17, 15) is 4.79 Å². The summed E-state index contributed by atoms with van der Waals surface area (Å²) in [6, 6.07) is 7.99. The van der Waals surface area contributed by atoms with Gasteiger partial charge in [0, 0.05) is 55.0 Å². The molecule has 1 N–H and O–H groups in total. The Hall–Kier alpha value is -3.15. The van der Waals surface area contributed by atoms with E-state index < -0.39 is 0 Å². The number of anilines is 2. The molecular formula is C25H29N5O. The number of rotatable bonds is 6. The minimum absolute atomic E-state index is 0.0789. The van der Waals surface area contributed by atoms with Gasteiger partial charge in [-0.05, 0) is 74.8 Å². The summed E-state index contributed by atoms with van der Waals surface area (Å²) in [6.45, 7) is 7.07. The molecule has 0 radical (unpaired) electrons. The van der Waals surface area contributed by atoms with E-state index >= 15 is 0 Å². The number of benzene rings is 1. The van der Waals surface area contributed by atoms with Gasteiger partial charge in [-0.1, -0.05) is 6.07 Å². The largest absolute Gasteiger partial charge is 0.343 e. The summed E-state index contributed by atoms with van der Waals surface area (Å²) in [7, 11) is 0. The van der Waals surface area contributed by atoms with Crippen molar-refractivity contribution >= 4 is 17.5 Å². The molecule has 1 saturated carbocycles. The van der Waals surface area contributed by atoms with Crippen molar-refractivity contribution in [3.8, 4) is 11.1 Å². The first-order valence-electron chi connectivity index (χ1n) is 11.2. The molecule has 1 aliphatic heterocycles. The Bertz CT molecular complexity index is 1090. The number of amides is 1. The number of carbonyl (C=O) groups is 1. The molecular weight excluding hydrogens is 386 g/mol. The highest BCUT2D eigenvalue weighted by Crippen LogP contribution is 2.33. The molecule has 1 amide bonds. The fraction of sp³-hybridized carbons (Fsp3) is 0.400. The first kappa shape index (κ1) is 19.8. The second-order valence-electron chi connectivity index (χ2n) is 8.93. The molecule has 3 heterocycles. The number of nitrogens with one attached hydrogen (secondary N) is 1. The maximum Gasteiger partial charge on any atom is 0.272 e. The van der Waals surface area contributed by atoms with E-state index in [0.29, 0.717) is 11.6 Å². The molecule has 160 valence electrons. The lowest BCUT2D eigenvalue weighted by atomic mass is 10.1. The Balaban J connectivity index is 1.40. The molecule has 0 bridgehead atoms. The Labute approximate surface area is 183 Å². The van der Waals surface area contributed by atoms with E-state index in [4.69, 9.17) is 0 Å². The zero-order chi connectivity index (χ0) is 21.4. The quantitative estimate of drug-likeness (QED) is 0.627. The normalized spacial score (nSPS) is 16.0. The topological polar surface area (TPSA) is 63.1 Å². The fourth-order valence-corrected chi connectivity index (χ4v) is 4.15. The molecule has 2 aliphatic rings. The van der Waals surface area contributed by atoms with Crippen LogP contribution in [0.15, 0.2) is 42.9 Å². The van der Waals surface area contributed by atoms with Crippen LogP contribution in [0.5, 0.6) is 0 Å². The van der Waals surface area contributed by atoms with E-state index in [-0.39, 0.29) is 5.91 Å². The average Bonchev–Trinajstić information content (AvgIpc) is 3.25. The number of hydrogen-bond acceptors (Lipinski definition) is 4. The van der Waals surface area contributed by atoms with E-state index in [2.05, 4.69) is 44.8 Å². The molecule has 5 rings (SSSR count). The van der Waals surface area contributed by atoms with Crippen molar-refractivity contribution in [3.63, 3.8) is 0 Å². The van der Waals surface area contributed by atoms with Crippen LogP contribution in [0.3, 0.4) is 0 Å². The summed E-state index contributed by atoms with van der Waals surface area (Å²) in [5.41, 5.74) is 5.82. The maximum absolute atomic E-state index is 13.1. The minimum Gasteiger partial charge on any atom is -0.343 e. The number of nitrogens with zero attached hydrogens (tertiary/aromatic N) is 4. The van der Waals surface area contributed by atoms with Crippen LogP contribution in [-0.4, -0.2) is 33.5 Å². The second kappa shape index (κ2) is 8.17. The van der Waals surface area contributed by atoms with Crippen molar-refractivity contribution in [2.24, 2.45) is 5.92 Å². The molecule has 2 fully saturated rings. The third-order valence-corrected chi connectivity index (χ3v) is 6.41. The number of aryl methyl sites for hydroxylation is 2. The molecule has 2 aromatic heterocycles. The molecule has 0 spiro atoms. The number of hydrogen-bond donors (Lipinski definition) is 1. The molecule has 3 aromatic rings. The van der Waals surface area contributed by atoms with Crippen LogP contribution in [0, 0.1) is 19.8 Å². The first-order valence-corrected chi connectivity index (χ1v) is 11.2. The van der Waals surface area contributed by atoms with Gasteiger partial charge in [0.15, 0.2) is 0 Å². The van der Waals surface area contributed by atoms with Gasteiger partial charge in [0.05, 0.1) is 0 Å². The lowest BCUT2D eigenvalue weighted by Crippen LogP contribution is -2.20. The number of aromatic nitrogens is 3. The van der Waals surface area contributed by atoms with E-state index in [1.54, 1.807) is 0 Å². The maximum atomic E-state index is 13.1. The SMILES string of the molecule is Cc1ccc(NC(=O)c2cc(-c3cnc(N4CCCC4)nc3)cn2CC2CC2)cc1C. The summed E-state index contributed by atoms with van der Waals surface area (Å²) in [5.74, 6) is 1.39. The van der Waals surface area contributed by atoms with Crippen molar-refractivity contribution < 1.29 is 4.79 Å². The molecule has 31 heavy (non-hydrogen) atoms. The molecule has 0 atom stereocenters. The zero-order valence-corrected chi connectivity index (χ0v) is 18.3. The minimum atomic E-state index is -0.0789. The van der Waals surface area contributed by atoms with Gasteiger partial charge in [-0.25, -0.2) is 9.97 Å². The van der Waals surface area contributed by atoms with Crippen LogP contribution >= 0.6 is 0 Å². The van der Waals surface area contributed by atoms with Gasteiger partial charge in [-0.3, -0.25) is 4.79 Å². The average molecular weight is 416 g/mol. The summed E-state index contributed by atoms with van der Waals surface area (Å²) in [5, 5.41) is 3.07. The van der Waals surface area contributed by atoms with Crippen molar-refractivity contribution in [1.29, 1.82) is 0 Å². The van der Waals surface area contributed by atoms with Gasteiger partial charge in [-0.2, -0.15) is 0 Å². The fourth-order valence-electron chi connectivity index (χ4n) is 4.15. The molecule has 1 aromatic carbocycles. The van der Waals surface area contributed by atoms with E-state index in [1.807, 2.05) is 36.7 Å². The molecule has 1 saturated heterocycles. The van der Waals surface area contributed by atoms with Crippen LogP contribution < -0.4 is 10.2 Å². The second-order valence-corrected chi connectivity index (χ2v) is 8.93. The van der Waals surface area contributed by atoms with Crippen LogP contribution in [0.4, 0.5) is 11.6 Å². The lowest BCUT2D eigenvalue weighted by molar-refractivity contribution is 0.101. The van der Waals surface area contributed by atoms with Crippen molar-refractivity contribution in [2.45, 2.75) is 46.1 Å². The Morgan fingerprint density at radius 1 is 1.03 bits per heavy atom. The molecule has 6 nitrogen and oxygen atoms in total. The Morgan fingerprint density at radius 3 is 2.45 bits per heavy atom. The standard InChI is InChI=1S/C25H29N5O/c1-17-5-8-22(11-18(17)2)28-24(31)23-12-20(16-30(23)15-19-6-7-19)21-13-26-25(27-14-21)29-9-3-4-10-29/h5,8,11-14,16,19H,3-4,6-7,9-10,15H2,1-2H3,(H,28,31). The van der Waals surface area contributed by atoms with Crippen LogP contribution in [0.1, 0.15) is 47.3 Å². The van der Waals surface area contributed by atoms with E-state index in [1.165, 1.54) is 36.8 Å². The lowest BCUT2D eigenvalue weighted by Gasteiger charge is -2.14. The zero-order valence-electron chi connectivity index (χ0n) is 18.3. The monoisotopic (exact) mass is 415 g/mol. The molecule has 0 unspecified atom stereocenters. The van der Waals surface area contributed by atoms with Crippen LogP contribution in [0.25, 0.3) is 11.1 Å². The first-order chi connectivity index (χ1) is 15.1. The molecule has 1 aliphatic carbocycles. The summed E-state index contributed by atoms with van der Waals surface area (Å²) in [4.78, 5) is 24.5. The summed E-state index contributed by atoms with van der Waals surface area (Å²) in [6.07, 6.45) is 10.7. The van der Waals surface area contributed by atoms with Crippen LogP contribution in [0.2, 0.25) is 0 Å². The van der Waals surface area contributed by atoms with Crippen molar-refractivity contribution in [3.05, 3.63) is 59.7 Å². The highest BCUT2D eigenvalue weighted by Gasteiger charge is 2.25. The smallest absolute Gasteiger partial charge is 0.272 e. The number of carbonyl (C=O) groups excluding carboxylic acids is 1. The highest BCUT2D eigenvalue weighted by atomic mass is 16.1. The summed E-state index contributed by atoms with van der Waals surface area (Å²) < 4.78 is 2.10. The Morgan fingerprint density at radius 2 is 1.77 bits per heavy atom. The Kier molecular flexibility index (Phi) is 5.22. The van der Waals surface area contributed by atoms with Crippen molar-refractivity contribution in [2.75, 3.05) is 23.3 Å².